The van der Waals surface area contributed by atoms with Gasteiger partial charge in [0.2, 0.25) is 0 Å². The zero-order valence-electron chi connectivity index (χ0n) is 10.7. The quantitative estimate of drug-likeness (QED) is 0.514. The molecule has 0 aliphatic heterocycles. The first kappa shape index (κ1) is 13.8. The number of carbonyl (C=O) groups is 1. The maximum atomic E-state index is 12.1. The summed E-state index contributed by atoms with van der Waals surface area (Å²) in [7, 11) is 0. The topological polar surface area (TPSA) is 72.9 Å². The highest BCUT2D eigenvalue weighted by molar-refractivity contribution is 9.10. The van der Waals surface area contributed by atoms with Gasteiger partial charge in [-0.1, -0.05) is 30.3 Å². The van der Waals surface area contributed by atoms with Crippen molar-refractivity contribution in [1.29, 1.82) is 0 Å². The van der Waals surface area contributed by atoms with Gasteiger partial charge in [-0.25, -0.2) is 5.84 Å². The molecule has 0 saturated carbocycles. The van der Waals surface area contributed by atoms with Crippen molar-refractivity contribution in [1.82, 2.24) is 15.2 Å². The molecule has 0 bridgehead atoms. The van der Waals surface area contributed by atoms with E-state index in [-0.39, 0.29) is 5.91 Å². The molecular formula is C13H15BrN4O. The van der Waals surface area contributed by atoms with Crippen molar-refractivity contribution in [3.63, 3.8) is 0 Å². The highest BCUT2D eigenvalue weighted by Gasteiger charge is 2.25. The number of benzene rings is 1. The third kappa shape index (κ3) is 2.54. The number of rotatable bonds is 3. The minimum atomic E-state index is -0.573. The first-order valence-electron chi connectivity index (χ1n) is 5.83. The number of hydrazine groups is 1. The summed E-state index contributed by atoms with van der Waals surface area (Å²) >= 11 is 3.47. The zero-order chi connectivity index (χ0) is 14.0. The molecule has 1 heterocycles. The molecule has 0 aliphatic carbocycles. The van der Waals surface area contributed by atoms with E-state index < -0.39 is 6.04 Å². The lowest BCUT2D eigenvalue weighted by Gasteiger charge is -2.18. The average Bonchev–Trinajstić information content (AvgIpc) is 2.68. The van der Waals surface area contributed by atoms with E-state index in [0.717, 1.165) is 21.4 Å². The molecule has 19 heavy (non-hydrogen) atoms. The standard InChI is InChI=1S/C13H15BrN4O/c1-8-11(14)9(2)18(17-8)12(13(19)16-15)10-6-4-3-5-7-10/h3-7,12H,15H2,1-2H3,(H,16,19). The smallest absolute Gasteiger partial charge is 0.263 e. The number of aryl methyl sites for hydroxylation is 1. The van der Waals surface area contributed by atoms with Crippen molar-refractivity contribution in [2.24, 2.45) is 5.84 Å². The van der Waals surface area contributed by atoms with Gasteiger partial charge in [-0.3, -0.25) is 14.9 Å². The Morgan fingerprint density at radius 3 is 2.47 bits per heavy atom. The summed E-state index contributed by atoms with van der Waals surface area (Å²) in [6.07, 6.45) is 0. The second kappa shape index (κ2) is 5.54. The number of nitrogens with one attached hydrogen (secondary N) is 1. The fourth-order valence-corrected chi connectivity index (χ4v) is 2.27. The molecule has 5 nitrogen and oxygen atoms in total. The molecule has 2 aromatic rings. The summed E-state index contributed by atoms with van der Waals surface area (Å²) in [5, 5.41) is 4.41. The lowest BCUT2D eigenvalue weighted by atomic mass is 10.1. The Balaban J connectivity index is 2.56. The Kier molecular flexibility index (Phi) is 4.01. The summed E-state index contributed by atoms with van der Waals surface area (Å²) in [6.45, 7) is 3.79. The SMILES string of the molecule is Cc1nn(C(C(=O)NN)c2ccccc2)c(C)c1Br. The molecule has 0 radical (unpaired) electrons. The van der Waals surface area contributed by atoms with E-state index >= 15 is 0 Å². The molecule has 1 unspecified atom stereocenters. The van der Waals surface area contributed by atoms with E-state index in [9.17, 15) is 4.79 Å². The van der Waals surface area contributed by atoms with Crippen molar-refractivity contribution in [3.05, 3.63) is 51.8 Å². The highest BCUT2D eigenvalue weighted by Crippen LogP contribution is 2.26. The Bertz CT molecular complexity index is 594. The number of nitrogens with two attached hydrogens (primary N) is 1. The second-order valence-electron chi connectivity index (χ2n) is 4.25. The summed E-state index contributed by atoms with van der Waals surface area (Å²) in [5.74, 6) is 4.99. The number of carbonyl (C=O) groups excluding carboxylic acids is 1. The zero-order valence-corrected chi connectivity index (χ0v) is 12.3. The predicted molar refractivity (Wildman–Crippen MR) is 76.3 cm³/mol. The van der Waals surface area contributed by atoms with Gasteiger partial charge < -0.3 is 0 Å². The maximum absolute atomic E-state index is 12.1. The number of amides is 1. The number of nitrogens with zero attached hydrogens (tertiary/aromatic N) is 2. The predicted octanol–water partition coefficient (Wildman–Crippen LogP) is 1.84. The van der Waals surface area contributed by atoms with Crippen molar-refractivity contribution in [3.8, 4) is 0 Å². The van der Waals surface area contributed by atoms with Crippen molar-refractivity contribution in [2.75, 3.05) is 0 Å². The number of aromatic nitrogens is 2. The van der Waals surface area contributed by atoms with Crippen molar-refractivity contribution >= 4 is 21.8 Å². The van der Waals surface area contributed by atoms with Crippen LogP contribution in [-0.2, 0) is 4.79 Å². The van der Waals surface area contributed by atoms with Crippen LogP contribution in [-0.4, -0.2) is 15.7 Å². The molecule has 2 rings (SSSR count). The fraction of sp³-hybridized carbons (Fsp3) is 0.231. The lowest BCUT2D eigenvalue weighted by Crippen LogP contribution is -2.38. The van der Waals surface area contributed by atoms with Gasteiger partial charge in [-0.15, -0.1) is 0 Å². The van der Waals surface area contributed by atoms with E-state index in [0.29, 0.717) is 0 Å². The third-order valence-corrected chi connectivity index (χ3v) is 4.13. The van der Waals surface area contributed by atoms with Gasteiger partial charge in [0.1, 0.15) is 0 Å². The fourth-order valence-electron chi connectivity index (χ4n) is 2.01. The van der Waals surface area contributed by atoms with Crippen LogP contribution < -0.4 is 11.3 Å². The third-order valence-electron chi connectivity index (χ3n) is 2.99. The van der Waals surface area contributed by atoms with Crippen LogP contribution in [0.2, 0.25) is 0 Å². The molecule has 1 aromatic carbocycles. The molecule has 100 valence electrons. The van der Waals surface area contributed by atoms with Gasteiger partial charge in [0.05, 0.1) is 15.9 Å². The van der Waals surface area contributed by atoms with Gasteiger partial charge in [-0.05, 0) is 35.3 Å². The molecule has 0 fully saturated rings. The van der Waals surface area contributed by atoms with E-state index in [1.165, 1.54) is 0 Å². The van der Waals surface area contributed by atoms with Crippen LogP contribution in [0.15, 0.2) is 34.8 Å². The monoisotopic (exact) mass is 322 g/mol. The van der Waals surface area contributed by atoms with E-state index in [2.05, 4.69) is 26.5 Å². The first-order chi connectivity index (χ1) is 9.06. The number of hydrogen-bond donors (Lipinski definition) is 2. The molecule has 3 N–H and O–H groups in total. The van der Waals surface area contributed by atoms with Crippen LogP contribution >= 0.6 is 15.9 Å². The number of hydrogen-bond acceptors (Lipinski definition) is 3. The lowest BCUT2D eigenvalue weighted by molar-refractivity contribution is -0.123. The summed E-state index contributed by atoms with van der Waals surface area (Å²) in [5.41, 5.74) is 4.76. The molecule has 1 atom stereocenters. The van der Waals surface area contributed by atoms with Gasteiger partial charge in [0, 0.05) is 0 Å². The van der Waals surface area contributed by atoms with Crippen LogP contribution in [0.25, 0.3) is 0 Å². The van der Waals surface area contributed by atoms with E-state index in [1.54, 1.807) is 4.68 Å². The number of halogens is 1. The highest BCUT2D eigenvalue weighted by atomic mass is 79.9. The normalized spacial score (nSPS) is 12.2. The van der Waals surface area contributed by atoms with Crippen molar-refractivity contribution < 1.29 is 4.79 Å². The van der Waals surface area contributed by atoms with Crippen LogP contribution in [0.5, 0.6) is 0 Å². The Labute approximate surface area is 119 Å². The van der Waals surface area contributed by atoms with Crippen molar-refractivity contribution in [2.45, 2.75) is 19.9 Å². The molecule has 0 spiro atoms. The summed E-state index contributed by atoms with van der Waals surface area (Å²) < 4.78 is 2.58. The molecule has 1 aromatic heterocycles. The van der Waals surface area contributed by atoms with E-state index in [4.69, 9.17) is 5.84 Å². The summed E-state index contributed by atoms with van der Waals surface area (Å²) in [6, 6.07) is 8.85. The van der Waals surface area contributed by atoms with E-state index in [1.807, 2.05) is 44.2 Å². The van der Waals surface area contributed by atoms with Crippen LogP contribution in [0.3, 0.4) is 0 Å². The van der Waals surface area contributed by atoms with Gasteiger partial charge in [0.25, 0.3) is 5.91 Å². The molecule has 1 amide bonds. The van der Waals surface area contributed by atoms with Crippen LogP contribution in [0.4, 0.5) is 0 Å². The van der Waals surface area contributed by atoms with Crippen LogP contribution in [0.1, 0.15) is 23.0 Å². The maximum Gasteiger partial charge on any atom is 0.263 e. The average molecular weight is 323 g/mol. The Hall–Kier alpha value is -1.66. The molecule has 6 heteroatoms. The Morgan fingerprint density at radius 2 is 2.00 bits per heavy atom. The first-order valence-corrected chi connectivity index (χ1v) is 6.62. The van der Waals surface area contributed by atoms with Gasteiger partial charge >= 0.3 is 0 Å². The minimum Gasteiger partial charge on any atom is -0.292 e. The van der Waals surface area contributed by atoms with Gasteiger partial charge in [0.15, 0.2) is 6.04 Å². The second-order valence-corrected chi connectivity index (χ2v) is 5.04. The molecular weight excluding hydrogens is 308 g/mol. The van der Waals surface area contributed by atoms with Gasteiger partial charge in [-0.2, -0.15) is 5.10 Å². The summed E-state index contributed by atoms with van der Waals surface area (Å²) in [4.78, 5) is 12.1. The minimum absolute atomic E-state index is 0.302. The molecule has 0 saturated heterocycles. The largest absolute Gasteiger partial charge is 0.292 e. The Morgan fingerprint density at radius 1 is 1.37 bits per heavy atom. The molecule has 0 aliphatic rings. The van der Waals surface area contributed by atoms with Crippen LogP contribution in [0, 0.1) is 13.8 Å².